The molecule has 212 valence electrons. The Hall–Kier alpha value is -3.58. The quantitative estimate of drug-likeness (QED) is 0.187. The number of nitrogens with one attached hydrogen (secondary N) is 1. The number of nitrogens with zero attached hydrogens (tertiary/aromatic N) is 5. The Balaban J connectivity index is 1.23. The molecule has 1 aromatic carbocycles. The van der Waals surface area contributed by atoms with Crippen LogP contribution in [0.25, 0.3) is 17.3 Å². The third-order valence-corrected chi connectivity index (χ3v) is 7.68. The van der Waals surface area contributed by atoms with Gasteiger partial charge < -0.3 is 19.1 Å². The zero-order valence-electron chi connectivity index (χ0n) is 21.9. The lowest BCUT2D eigenvalue weighted by Gasteiger charge is -2.33. The summed E-state index contributed by atoms with van der Waals surface area (Å²) in [7, 11) is 0. The zero-order chi connectivity index (χ0) is 28.1. The second kappa shape index (κ2) is 12.3. The molecule has 0 aliphatic carbocycles. The maximum absolute atomic E-state index is 13.4. The van der Waals surface area contributed by atoms with E-state index in [1.165, 1.54) is 48.5 Å². The molecule has 0 radical (unpaired) electrons. The van der Waals surface area contributed by atoms with Crippen LogP contribution in [0, 0.1) is 0 Å². The monoisotopic (exact) mass is 574 g/mol. The van der Waals surface area contributed by atoms with Crippen molar-refractivity contribution in [2.45, 2.75) is 55.7 Å². The van der Waals surface area contributed by atoms with Crippen LogP contribution in [-0.2, 0) is 11.9 Å². The lowest BCUT2D eigenvalue weighted by atomic mass is 10.0. The van der Waals surface area contributed by atoms with Crippen LogP contribution in [0.5, 0.6) is 0 Å². The van der Waals surface area contributed by atoms with E-state index in [1.54, 1.807) is 12.1 Å². The molecule has 0 saturated carbocycles. The molecule has 0 spiro atoms. The number of furan rings is 1. The number of rotatable bonds is 10. The number of piperidine rings is 1. The fraction of sp³-hybridized carbons (Fsp3) is 0.407. The fourth-order valence-corrected chi connectivity index (χ4v) is 5.46. The third kappa shape index (κ3) is 6.58. The first-order valence-electron chi connectivity index (χ1n) is 13.1. The number of alkyl halides is 3. The first kappa shape index (κ1) is 28.0. The number of thioether (sulfide) groups is 1. The van der Waals surface area contributed by atoms with Crippen LogP contribution in [0.3, 0.4) is 0 Å². The summed E-state index contributed by atoms with van der Waals surface area (Å²) in [6.07, 6.45) is 2.78. The molecule has 1 aliphatic heterocycles. The minimum absolute atomic E-state index is 0.164. The van der Waals surface area contributed by atoms with Crippen molar-refractivity contribution in [3.05, 3.63) is 66.1 Å². The first-order chi connectivity index (χ1) is 19.3. The molecule has 3 aromatic heterocycles. The van der Waals surface area contributed by atoms with E-state index in [4.69, 9.17) is 8.83 Å². The van der Waals surface area contributed by atoms with Crippen molar-refractivity contribution in [3.8, 4) is 17.3 Å². The number of oxazole rings is 1. The summed E-state index contributed by atoms with van der Waals surface area (Å²) in [5.74, 6) is 0.726. The summed E-state index contributed by atoms with van der Waals surface area (Å²) in [6, 6.07) is 8.77. The Morgan fingerprint density at radius 3 is 2.83 bits per heavy atom. The number of likely N-dealkylation sites (tertiary alicyclic amines) is 1. The minimum Gasteiger partial charge on any atom is -0.461 e. The average molecular weight is 575 g/mol. The van der Waals surface area contributed by atoms with Gasteiger partial charge in [0.1, 0.15) is 6.26 Å². The normalized spacial score (nSPS) is 16.4. The van der Waals surface area contributed by atoms with Crippen molar-refractivity contribution < 1.29 is 26.8 Å². The van der Waals surface area contributed by atoms with Crippen LogP contribution in [0.1, 0.15) is 54.5 Å². The summed E-state index contributed by atoms with van der Waals surface area (Å²) in [5.41, 5.74) is -0.411. The lowest BCUT2D eigenvalue weighted by Crippen LogP contribution is -2.39. The molecule has 4 heterocycles. The molecule has 1 N–H and O–H groups in total. The molecule has 40 heavy (non-hydrogen) atoms. The largest absolute Gasteiger partial charge is 0.461 e. The van der Waals surface area contributed by atoms with Crippen LogP contribution in [0.15, 0.2) is 62.9 Å². The standard InChI is InChI=1S/C27H29F3N6O3S/c1-18-7-2-3-12-35(18)13-6-11-31-25(37)21-16-39-23(32-21)17-40-26-34-33-24(22-10-5-14-38-22)36(26)20-9-4-8-19(15-20)27(28,29)30/h4-5,8-10,14-16,18H,2-3,6-7,11-13,17H2,1H3,(H,31,37). The molecule has 0 bridgehead atoms. The van der Waals surface area contributed by atoms with Crippen molar-refractivity contribution in [1.29, 1.82) is 0 Å². The smallest absolute Gasteiger partial charge is 0.416 e. The van der Waals surface area contributed by atoms with Gasteiger partial charge in [0.25, 0.3) is 5.91 Å². The number of aromatic nitrogens is 4. The van der Waals surface area contributed by atoms with Crippen LogP contribution in [-0.4, -0.2) is 56.2 Å². The van der Waals surface area contributed by atoms with Gasteiger partial charge in [-0.2, -0.15) is 13.2 Å². The van der Waals surface area contributed by atoms with Gasteiger partial charge >= 0.3 is 6.18 Å². The van der Waals surface area contributed by atoms with Crippen LogP contribution >= 0.6 is 11.8 Å². The number of benzene rings is 1. The predicted octanol–water partition coefficient (Wildman–Crippen LogP) is 5.82. The Morgan fingerprint density at radius 1 is 1.18 bits per heavy atom. The topological polar surface area (TPSA) is 102 Å². The highest BCUT2D eigenvalue weighted by atomic mass is 32.2. The number of halogens is 3. The third-order valence-electron chi connectivity index (χ3n) is 6.76. The number of carbonyl (C=O) groups is 1. The van der Waals surface area contributed by atoms with Gasteiger partial charge in [-0.1, -0.05) is 24.2 Å². The molecule has 1 saturated heterocycles. The summed E-state index contributed by atoms with van der Waals surface area (Å²) < 4.78 is 52.6. The van der Waals surface area contributed by atoms with E-state index < -0.39 is 11.7 Å². The molecule has 1 unspecified atom stereocenters. The minimum atomic E-state index is -4.51. The molecule has 5 rings (SSSR count). The molecular formula is C27H29F3N6O3S. The highest BCUT2D eigenvalue weighted by Crippen LogP contribution is 2.34. The maximum atomic E-state index is 13.4. The summed E-state index contributed by atoms with van der Waals surface area (Å²) in [4.78, 5) is 19.3. The Kier molecular flexibility index (Phi) is 8.60. The Bertz CT molecular complexity index is 1420. The van der Waals surface area contributed by atoms with Gasteiger partial charge in [-0.25, -0.2) is 4.98 Å². The Labute approximate surface area is 233 Å². The first-order valence-corrected chi connectivity index (χ1v) is 14.0. The van der Waals surface area contributed by atoms with E-state index >= 15 is 0 Å². The van der Waals surface area contributed by atoms with E-state index in [-0.39, 0.29) is 34.8 Å². The molecular weight excluding hydrogens is 545 g/mol. The van der Waals surface area contributed by atoms with Gasteiger partial charge in [0.2, 0.25) is 11.7 Å². The van der Waals surface area contributed by atoms with Gasteiger partial charge in [0.15, 0.2) is 16.6 Å². The van der Waals surface area contributed by atoms with Gasteiger partial charge in [0, 0.05) is 19.1 Å². The van der Waals surface area contributed by atoms with Crippen molar-refractivity contribution in [2.24, 2.45) is 0 Å². The molecule has 1 fully saturated rings. The van der Waals surface area contributed by atoms with E-state index in [2.05, 4.69) is 32.3 Å². The maximum Gasteiger partial charge on any atom is 0.416 e. The number of hydrogen-bond acceptors (Lipinski definition) is 8. The predicted molar refractivity (Wildman–Crippen MR) is 142 cm³/mol. The van der Waals surface area contributed by atoms with Gasteiger partial charge in [0.05, 0.1) is 23.3 Å². The van der Waals surface area contributed by atoms with E-state index in [0.29, 0.717) is 23.5 Å². The highest BCUT2D eigenvalue weighted by molar-refractivity contribution is 7.98. The molecule has 4 aromatic rings. The zero-order valence-corrected chi connectivity index (χ0v) is 22.7. The molecule has 13 heteroatoms. The van der Waals surface area contributed by atoms with Crippen LogP contribution in [0.4, 0.5) is 13.2 Å². The fourth-order valence-electron chi connectivity index (χ4n) is 4.66. The summed E-state index contributed by atoms with van der Waals surface area (Å²) in [5, 5.41) is 11.5. The van der Waals surface area contributed by atoms with Crippen molar-refractivity contribution >= 4 is 17.7 Å². The molecule has 9 nitrogen and oxygen atoms in total. The van der Waals surface area contributed by atoms with Crippen LogP contribution < -0.4 is 5.32 Å². The molecule has 1 aliphatic rings. The Morgan fingerprint density at radius 2 is 2.05 bits per heavy atom. The van der Waals surface area contributed by atoms with Crippen LogP contribution in [0.2, 0.25) is 0 Å². The van der Waals surface area contributed by atoms with E-state index in [9.17, 15) is 18.0 Å². The van der Waals surface area contributed by atoms with Crippen molar-refractivity contribution in [1.82, 2.24) is 30.0 Å². The number of amides is 1. The summed E-state index contributed by atoms with van der Waals surface area (Å²) in [6.45, 7) is 4.82. The van der Waals surface area contributed by atoms with Crippen molar-refractivity contribution in [2.75, 3.05) is 19.6 Å². The number of carbonyl (C=O) groups excluding carboxylic acids is 1. The van der Waals surface area contributed by atoms with E-state index in [1.807, 2.05) is 0 Å². The lowest BCUT2D eigenvalue weighted by molar-refractivity contribution is -0.137. The van der Waals surface area contributed by atoms with Crippen molar-refractivity contribution in [3.63, 3.8) is 0 Å². The molecule has 1 amide bonds. The average Bonchev–Trinajstić information content (AvgIpc) is 3.71. The summed E-state index contributed by atoms with van der Waals surface area (Å²) >= 11 is 1.16. The van der Waals surface area contributed by atoms with Gasteiger partial charge in [-0.15, -0.1) is 10.2 Å². The van der Waals surface area contributed by atoms with Gasteiger partial charge in [-0.3, -0.25) is 9.36 Å². The SMILES string of the molecule is CC1CCCCN1CCCNC(=O)c1coc(CSc2nnc(-c3ccco3)n2-c2cccc(C(F)(F)F)c2)n1. The number of hydrogen-bond donors (Lipinski definition) is 1. The van der Waals surface area contributed by atoms with E-state index in [0.717, 1.165) is 43.4 Å². The highest BCUT2D eigenvalue weighted by Gasteiger charge is 2.31. The van der Waals surface area contributed by atoms with Gasteiger partial charge in [-0.05, 0) is 63.1 Å². The second-order valence-electron chi connectivity index (χ2n) is 9.57. The second-order valence-corrected chi connectivity index (χ2v) is 10.5. The molecule has 1 atom stereocenters.